The maximum atomic E-state index is 12.1. The van der Waals surface area contributed by atoms with Gasteiger partial charge < -0.3 is 14.6 Å². The van der Waals surface area contributed by atoms with Crippen LogP contribution in [0.25, 0.3) is 6.08 Å². The number of rotatable bonds is 3. The molecule has 0 aliphatic carbocycles. The maximum absolute atomic E-state index is 12.1. The van der Waals surface area contributed by atoms with Gasteiger partial charge >= 0.3 is 0 Å². The molecule has 1 aromatic rings. The molecule has 0 radical (unpaired) electrons. The summed E-state index contributed by atoms with van der Waals surface area (Å²) in [4.78, 5) is 14.1. The highest BCUT2D eigenvalue weighted by molar-refractivity contribution is 8.26. The molecule has 1 fully saturated rings. The molecule has 2 aliphatic rings. The number of thiocarbonyl (C=S) groups is 1. The van der Waals surface area contributed by atoms with E-state index in [2.05, 4.69) is 0 Å². The van der Waals surface area contributed by atoms with Crippen LogP contribution in [0.5, 0.6) is 11.5 Å². The number of hydrogen-bond acceptors (Lipinski definition) is 6. The van der Waals surface area contributed by atoms with Gasteiger partial charge in [0.2, 0.25) is 6.79 Å². The van der Waals surface area contributed by atoms with E-state index < -0.39 is 0 Å². The van der Waals surface area contributed by atoms with Crippen molar-refractivity contribution in [3.63, 3.8) is 0 Å². The Kier molecular flexibility index (Phi) is 3.64. The molecular weight excluding hydrogens is 298 g/mol. The zero-order valence-electron chi connectivity index (χ0n) is 10.4. The van der Waals surface area contributed by atoms with E-state index in [4.69, 9.17) is 26.8 Å². The fourth-order valence-electron chi connectivity index (χ4n) is 1.95. The molecule has 1 amide bonds. The Hall–Kier alpha value is -1.57. The number of benzene rings is 1. The summed E-state index contributed by atoms with van der Waals surface area (Å²) in [6.45, 7) is 0.338. The highest BCUT2D eigenvalue weighted by Crippen LogP contribution is 2.36. The standard InChI is InChI=1S/C13H11NO4S2/c15-4-3-14-12(16)11(20-13(14)19)6-8-1-2-9-10(5-8)18-7-17-9/h1-2,5-6,15H,3-4,7H2/b11-6-. The second-order valence-corrected chi connectivity index (χ2v) is 5.85. The molecule has 0 unspecified atom stereocenters. The number of aliphatic hydroxyl groups excluding tert-OH is 1. The second kappa shape index (κ2) is 5.43. The van der Waals surface area contributed by atoms with E-state index in [0.29, 0.717) is 20.7 Å². The minimum atomic E-state index is -0.174. The molecule has 0 saturated carbocycles. The monoisotopic (exact) mass is 309 g/mol. The summed E-state index contributed by atoms with van der Waals surface area (Å²) >= 11 is 6.36. The van der Waals surface area contributed by atoms with Crippen molar-refractivity contribution in [2.75, 3.05) is 19.9 Å². The lowest BCUT2D eigenvalue weighted by molar-refractivity contribution is -0.122. The number of fused-ring (bicyclic) bond motifs is 1. The SMILES string of the molecule is O=C1/C(=C/c2ccc3c(c2)OCO3)SC(=S)N1CCO. The average Bonchev–Trinajstić information content (AvgIpc) is 2.99. The van der Waals surface area contributed by atoms with Gasteiger partial charge in [-0.2, -0.15) is 0 Å². The zero-order chi connectivity index (χ0) is 14.1. The summed E-state index contributed by atoms with van der Waals surface area (Å²) < 4.78 is 11.0. The van der Waals surface area contributed by atoms with Crippen LogP contribution in [0.15, 0.2) is 23.1 Å². The van der Waals surface area contributed by atoms with Gasteiger partial charge in [0.25, 0.3) is 5.91 Å². The molecule has 5 nitrogen and oxygen atoms in total. The van der Waals surface area contributed by atoms with Crippen LogP contribution in [0, 0.1) is 0 Å². The van der Waals surface area contributed by atoms with Gasteiger partial charge in [0.1, 0.15) is 4.32 Å². The Labute approximate surface area is 125 Å². The third-order valence-corrected chi connectivity index (χ3v) is 4.27. The molecule has 20 heavy (non-hydrogen) atoms. The average molecular weight is 309 g/mol. The number of amides is 1. The number of aliphatic hydroxyl groups is 1. The summed E-state index contributed by atoms with van der Waals surface area (Å²) in [5, 5.41) is 8.93. The van der Waals surface area contributed by atoms with Crippen molar-refractivity contribution in [1.82, 2.24) is 4.90 Å². The number of β-amino-alcohol motifs (C(OH)–C–C–N with tert-alkyl or cyclic N) is 1. The van der Waals surface area contributed by atoms with Crippen LogP contribution in [0.2, 0.25) is 0 Å². The first-order valence-corrected chi connectivity index (χ1v) is 7.17. The van der Waals surface area contributed by atoms with E-state index in [9.17, 15) is 4.79 Å². The molecule has 2 heterocycles. The molecule has 7 heteroatoms. The number of nitrogens with zero attached hydrogens (tertiary/aromatic N) is 1. The summed E-state index contributed by atoms with van der Waals surface area (Å²) in [6, 6.07) is 5.48. The number of hydrogen-bond donors (Lipinski definition) is 1. The van der Waals surface area contributed by atoms with Crippen LogP contribution in [0.4, 0.5) is 0 Å². The van der Waals surface area contributed by atoms with Gasteiger partial charge in [-0.25, -0.2) is 0 Å². The molecule has 1 N–H and O–H groups in total. The molecule has 3 rings (SSSR count). The first kappa shape index (κ1) is 13.4. The van der Waals surface area contributed by atoms with E-state index >= 15 is 0 Å². The molecule has 1 saturated heterocycles. The van der Waals surface area contributed by atoms with Crippen molar-refractivity contribution in [2.24, 2.45) is 0 Å². The Morgan fingerprint density at radius 3 is 3.00 bits per heavy atom. The van der Waals surface area contributed by atoms with E-state index in [1.807, 2.05) is 18.2 Å². The Bertz CT molecular complexity index is 614. The van der Waals surface area contributed by atoms with Gasteiger partial charge in [-0.05, 0) is 23.8 Å². The predicted molar refractivity (Wildman–Crippen MR) is 79.5 cm³/mol. The summed E-state index contributed by atoms with van der Waals surface area (Å²) in [5.41, 5.74) is 0.846. The van der Waals surface area contributed by atoms with Crippen molar-refractivity contribution in [2.45, 2.75) is 0 Å². The molecule has 0 bridgehead atoms. The third-order valence-electron chi connectivity index (χ3n) is 2.89. The van der Waals surface area contributed by atoms with Gasteiger partial charge in [-0.1, -0.05) is 30.0 Å². The third kappa shape index (κ3) is 2.39. The van der Waals surface area contributed by atoms with Crippen LogP contribution in [-0.2, 0) is 4.79 Å². The highest BCUT2D eigenvalue weighted by Gasteiger charge is 2.31. The maximum Gasteiger partial charge on any atom is 0.266 e. The molecule has 0 aromatic heterocycles. The van der Waals surface area contributed by atoms with E-state index in [0.717, 1.165) is 5.56 Å². The Morgan fingerprint density at radius 1 is 1.40 bits per heavy atom. The number of thioether (sulfide) groups is 1. The lowest BCUT2D eigenvalue weighted by Crippen LogP contribution is -2.30. The van der Waals surface area contributed by atoms with Crippen LogP contribution in [0.1, 0.15) is 5.56 Å². The van der Waals surface area contributed by atoms with Crippen molar-refractivity contribution in [1.29, 1.82) is 0 Å². The normalized spacial score (nSPS) is 19.2. The molecule has 0 spiro atoms. The summed E-state index contributed by atoms with van der Waals surface area (Å²) in [7, 11) is 0. The van der Waals surface area contributed by atoms with Crippen LogP contribution < -0.4 is 9.47 Å². The van der Waals surface area contributed by atoms with Crippen molar-refractivity contribution < 1.29 is 19.4 Å². The number of ether oxygens (including phenoxy) is 2. The fraction of sp³-hybridized carbons (Fsp3) is 0.231. The van der Waals surface area contributed by atoms with Crippen molar-refractivity contribution >= 4 is 40.3 Å². The smallest absolute Gasteiger partial charge is 0.266 e. The van der Waals surface area contributed by atoms with Gasteiger partial charge in [-0.3, -0.25) is 9.69 Å². The molecule has 0 atom stereocenters. The molecule has 1 aromatic carbocycles. The predicted octanol–water partition coefficient (Wildman–Crippen LogP) is 1.61. The molecule has 104 valence electrons. The van der Waals surface area contributed by atoms with Crippen molar-refractivity contribution in [3.8, 4) is 11.5 Å². The van der Waals surface area contributed by atoms with E-state index in [-0.39, 0.29) is 25.9 Å². The van der Waals surface area contributed by atoms with Gasteiger partial charge in [0, 0.05) is 0 Å². The van der Waals surface area contributed by atoms with Gasteiger partial charge in [0.15, 0.2) is 11.5 Å². The quantitative estimate of drug-likeness (QED) is 0.676. The molecule has 2 aliphatic heterocycles. The van der Waals surface area contributed by atoms with Gasteiger partial charge in [-0.15, -0.1) is 0 Å². The zero-order valence-corrected chi connectivity index (χ0v) is 12.0. The summed E-state index contributed by atoms with van der Waals surface area (Å²) in [5.74, 6) is 1.20. The topological polar surface area (TPSA) is 59.0 Å². The Morgan fingerprint density at radius 2 is 2.20 bits per heavy atom. The minimum Gasteiger partial charge on any atom is -0.454 e. The number of carbonyl (C=O) groups is 1. The molecular formula is C13H11NO4S2. The van der Waals surface area contributed by atoms with Crippen LogP contribution >= 0.6 is 24.0 Å². The Balaban J connectivity index is 1.86. The fourth-order valence-corrected chi connectivity index (χ4v) is 3.26. The first-order chi connectivity index (χ1) is 9.69. The lowest BCUT2D eigenvalue weighted by atomic mass is 10.2. The minimum absolute atomic E-state index is 0.107. The highest BCUT2D eigenvalue weighted by atomic mass is 32.2. The summed E-state index contributed by atoms with van der Waals surface area (Å²) in [6.07, 6.45) is 1.76. The van der Waals surface area contributed by atoms with Crippen molar-refractivity contribution in [3.05, 3.63) is 28.7 Å². The first-order valence-electron chi connectivity index (χ1n) is 5.95. The van der Waals surface area contributed by atoms with Gasteiger partial charge in [0.05, 0.1) is 18.1 Å². The van der Waals surface area contributed by atoms with Crippen LogP contribution in [-0.4, -0.2) is 40.2 Å². The number of carbonyl (C=O) groups excluding carboxylic acids is 1. The second-order valence-electron chi connectivity index (χ2n) is 4.17. The van der Waals surface area contributed by atoms with E-state index in [1.165, 1.54) is 16.7 Å². The lowest BCUT2D eigenvalue weighted by Gasteiger charge is -2.11. The van der Waals surface area contributed by atoms with Crippen LogP contribution in [0.3, 0.4) is 0 Å². The van der Waals surface area contributed by atoms with E-state index in [1.54, 1.807) is 6.08 Å². The largest absolute Gasteiger partial charge is 0.454 e.